The molecule has 2 N–H and O–H groups in total. The molecule has 7 nitrogen and oxygen atoms in total. The Bertz CT molecular complexity index is 885. The van der Waals surface area contributed by atoms with E-state index in [0.29, 0.717) is 0 Å². The minimum atomic E-state index is -0.0997. The minimum absolute atomic E-state index is 0.0997. The van der Waals surface area contributed by atoms with Gasteiger partial charge in [0.05, 0.1) is 17.9 Å². The minimum Gasteiger partial charge on any atom is -0.374 e. The van der Waals surface area contributed by atoms with Crippen LogP contribution in [0.2, 0.25) is 0 Å². The number of carbonyl (C=O) groups excluding carboxylic acids is 1. The summed E-state index contributed by atoms with van der Waals surface area (Å²) < 4.78 is 1.66. The zero-order chi connectivity index (χ0) is 18.5. The van der Waals surface area contributed by atoms with Crippen LogP contribution in [0.3, 0.4) is 0 Å². The number of amides is 1. The molecule has 3 aromatic rings. The third-order valence-corrected chi connectivity index (χ3v) is 4.63. The normalized spacial score (nSPS) is 13.6. The van der Waals surface area contributed by atoms with E-state index in [2.05, 4.69) is 37.7 Å². The summed E-state index contributed by atoms with van der Waals surface area (Å²) in [7, 11) is 0. The van der Waals surface area contributed by atoms with Crippen molar-refractivity contribution in [3.05, 3.63) is 61.2 Å². The molecule has 0 bridgehead atoms. The Labute approximate surface area is 158 Å². The standard InChI is InChI=1S/C20H22N6O/c27-20(24-16-7-9-17(10-8-16)25-11-3-4-12-25)13-22-18-5-1-2-6-19(18)26-15-21-14-23-26/h1-2,5-10,14-15,22H,3-4,11-13H2,(H,24,27). The Morgan fingerprint density at radius 3 is 2.56 bits per heavy atom. The number of aromatic nitrogens is 3. The van der Waals surface area contributed by atoms with Crippen LogP contribution < -0.4 is 15.5 Å². The number of hydrogen-bond donors (Lipinski definition) is 2. The first-order chi connectivity index (χ1) is 13.3. The molecule has 1 fully saturated rings. The molecule has 2 heterocycles. The molecular formula is C20H22N6O. The largest absolute Gasteiger partial charge is 0.374 e. The Morgan fingerprint density at radius 2 is 1.81 bits per heavy atom. The van der Waals surface area contributed by atoms with Crippen molar-refractivity contribution in [2.75, 3.05) is 35.2 Å². The molecule has 1 aliphatic rings. The molecule has 4 rings (SSSR count). The fourth-order valence-corrected chi connectivity index (χ4v) is 3.27. The average molecular weight is 362 g/mol. The maximum absolute atomic E-state index is 12.3. The van der Waals surface area contributed by atoms with Gasteiger partial charge < -0.3 is 15.5 Å². The molecule has 0 spiro atoms. The monoisotopic (exact) mass is 362 g/mol. The maximum Gasteiger partial charge on any atom is 0.243 e. The zero-order valence-electron chi connectivity index (χ0n) is 15.0. The quantitative estimate of drug-likeness (QED) is 0.705. The van der Waals surface area contributed by atoms with Gasteiger partial charge in [-0.2, -0.15) is 5.10 Å². The van der Waals surface area contributed by atoms with E-state index < -0.39 is 0 Å². The summed E-state index contributed by atoms with van der Waals surface area (Å²) in [5, 5.41) is 10.2. The Hall–Kier alpha value is -3.35. The van der Waals surface area contributed by atoms with Crippen molar-refractivity contribution >= 4 is 23.0 Å². The first-order valence-corrected chi connectivity index (χ1v) is 9.12. The Morgan fingerprint density at radius 1 is 1.04 bits per heavy atom. The highest BCUT2D eigenvalue weighted by atomic mass is 16.1. The van der Waals surface area contributed by atoms with Gasteiger partial charge in [0.1, 0.15) is 12.7 Å². The van der Waals surface area contributed by atoms with Crippen LogP contribution >= 0.6 is 0 Å². The summed E-state index contributed by atoms with van der Waals surface area (Å²) in [4.78, 5) is 18.6. The van der Waals surface area contributed by atoms with Gasteiger partial charge in [-0.1, -0.05) is 12.1 Å². The van der Waals surface area contributed by atoms with Crippen LogP contribution in [0.5, 0.6) is 0 Å². The van der Waals surface area contributed by atoms with E-state index in [4.69, 9.17) is 0 Å². The topological polar surface area (TPSA) is 75.1 Å². The lowest BCUT2D eigenvalue weighted by Gasteiger charge is -2.18. The first-order valence-electron chi connectivity index (χ1n) is 9.12. The lowest BCUT2D eigenvalue weighted by molar-refractivity contribution is -0.114. The van der Waals surface area contributed by atoms with E-state index in [1.165, 1.54) is 24.9 Å². The molecule has 1 saturated heterocycles. The Kier molecular flexibility index (Phi) is 5.00. The summed E-state index contributed by atoms with van der Waals surface area (Å²) in [6.07, 6.45) is 5.61. The number of nitrogens with zero attached hydrogens (tertiary/aromatic N) is 4. The molecule has 138 valence electrons. The van der Waals surface area contributed by atoms with Gasteiger partial charge in [-0.05, 0) is 49.2 Å². The van der Waals surface area contributed by atoms with Gasteiger partial charge in [0.25, 0.3) is 0 Å². The Balaban J connectivity index is 1.35. The highest BCUT2D eigenvalue weighted by Crippen LogP contribution is 2.22. The third kappa shape index (κ3) is 4.08. The lowest BCUT2D eigenvalue weighted by Crippen LogP contribution is -2.22. The predicted molar refractivity (Wildman–Crippen MR) is 106 cm³/mol. The highest BCUT2D eigenvalue weighted by molar-refractivity contribution is 5.94. The number of anilines is 3. The van der Waals surface area contributed by atoms with Crippen molar-refractivity contribution in [1.29, 1.82) is 0 Å². The summed E-state index contributed by atoms with van der Waals surface area (Å²) in [6.45, 7) is 2.39. The summed E-state index contributed by atoms with van der Waals surface area (Å²) in [5.41, 5.74) is 3.68. The van der Waals surface area contributed by atoms with Crippen LogP contribution in [0.25, 0.3) is 5.69 Å². The SMILES string of the molecule is O=C(CNc1ccccc1-n1cncn1)Nc1ccc(N2CCCC2)cc1. The first kappa shape index (κ1) is 17.1. The summed E-state index contributed by atoms with van der Waals surface area (Å²) in [6, 6.07) is 15.7. The van der Waals surface area contributed by atoms with E-state index in [9.17, 15) is 4.79 Å². The summed E-state index contributed by atoms with van der Waals surface area (Å²) in [5.74, 6) is -0.0997. The molecule has 27 heavy (non-hydrogen) atoms. The molecule has 0 saturated carbocycles. The van der Waals surface area contributed by atoms with Crippen molar-refractivity contribution in [2.45, 2.75) is 12.8 Å². The van der Waals surface area contributed by atoms with Gasteiger partial charge >= 0.3 is 0 Å². The fraction of sp³-hybridized carbons (Fsp3) is 0.250. The van der Waals surface area contributed by atoms with Crippen LogP contribution in [-0.4, -0.2) is 40.3 Å². The number of nitrogens with one attached hydrogen (secondary N) is 2. The van der Waals surface area contributed by atoms with Gasteiger partial charge in [0, 0.05) is 24.5 Å². The van der Waals surface area contributed by atoms with Crippen molar-refractivity contribution < 1.29 is 4.79 Å². The van der Waals surface area contributed by atoms with Gasteiger partial charge in [0.15, 0.2) is 0 Å². The summed E-state index contributed by atoms with van der Waals surface area (Å²) >= 11 is 0. The molecule has 2 aromatic carbocycles. The van der Waals surface area contributed by atoms with Gasteiger partial charge in [0.2, 0.25) is 5.91 Å². The van der Waals surface area contributed by atoms with Crippen LogP contribution in [0.15, 0.2) is 61.2 Å². The second-order valence-corrected chi connectivity index (χ2v) is 6.50. The van der Waals surface area contributed by atoms with Crippen LogP contribution in [0.1, 0.15) is 12.8 Å². The molecular weight excluding hydrogens is 340 g/mol. The van der Waals surface area contributed by atoms with Gasteiger partial charge in [-0.3, -0.25) is 4.79 Å². The molecule has 7 heteroatoms. The molecule has 1 aromatic heterocycles. The number of benzene rings is 2. The van der Waals surface area contributed by atoms with E-state index >= 15 is 0 Å². The number of para-hydroxylation sites is 2. The molecule has 0 unspecified atom stereocenters. The van der Waals surface area contributed by atoms with Gasteiger partial charge in [-0.15, -0.1) is 0 Å². The predicted octanol–water partition coefficient (Wildman–Crippen LogP) is 2.92. The van der Waals surface area contributed by atoms with E-state index in [1.54, 1.807) is 11.0 Å². The molecule has 1 aliphatic heterocycles. The van der Waals surface area contributed by atoms with Crippen molar-refractivity contribution in [3.8, 4) is 5.69 Å². The van der Waals surface area contributed by atoms with Crippen LogP contribution in [0, 0.1) is 0 Å². The van der Waals surface area contributed by atoms with Crippen molar-refractivity contribution in [2.24, 2.45) is 0 Å². The van der Waals surface area contributed by atoms with E-state index in [-0.39, 0.29) is 12.5 Å². The average Bonchev–Trinajstić information content (AvgIpc) is 3.41. The smallest absolute Gasteiger partial charge is 0.243 e. The number of hydrogen-bond acceptors (Lipinski definition) is 5. The second kappa shape index (κ2) is 7.90. The van der Waals surface area contributed by atoms with E-state index in [0.717, 1.165) is 30.2 Å². The fourth-order valence-electron chi connectivity index (χ4n) is 3.27. The maximum atomic E-state index is 12.3. The third-order valence-electron chi connectivity index (χ3n) is 4.63. The van der Waals surface area contributed by atoms with E-state index in [1.807, 2.05) is 36.4 Å². The highest BCUT2D eigenvalue weighted by Gasteiger charge is 2.12. The number of carbonyl (C=O) groups is 1. The second-order valence-electron chi connectivity index (χ2n) is 6.50. The zero-order valence-corrected chi connectivity index (χ0v) is 15.0. The molecule has 0 aliphatic carbocycles. The van der Waals surface area contributed by atoms with Crippen LogP contribution in [-0.2, 0) is 4.79 Å². The molecule has 1 amide bonds. The van der Waals surface area contributed by atoms with Crippen LogP contribution in [0.4, 0.5) is 17.1 Å². The molecule has 0 radical (unpaired) electrons. The van der Waals surface area contributed by atoms with Crippen molar-refractivity contribution in [3.63, 3.8) is 0 Å². The molecule has 0 atom stereocenters. The van der Waals surface area contributed by atoms with Crippen molar-refractivity contribution in [1.82, 2.24) is 14.8 Å². The van der Waals surface area contributed by atoms with Gasteiger partial charge in [-0.25, -0.2) is 9.67 Å². The number of rotatable bonds is 6. The lowest BCUT2D eigenvalue weighted by atomic mass is 10.2.